The predicted octanol–water partition coefficient (Wildman–Crippen LogP) is 4.62. The van der Waals surface area contributed by atoms with E-state index >= 15 is 0 Å². The zero-order valence-corrected chi connectivity index (χ0v) is 13.3. The van der Waals surface area contributed by atoms with Gasteiger partial charge in [0.05, 0.1) is 11.0 Å². The molecule has 0 spiro atoms. The fourth-order valence-corrected chi connectivity index (χ4v) is 2.86. The van der Waals surface area contributed by atoms with E-state index < -0.39 is 0 Å². The van der Waals surface area contributed by atoms with Crippen LogP contribution in [0.3, 0.4) is 0 Å². The SMILES string of the molecule is CCC(C)n1c(-c2ccccc2)nc2nc3ccccc3nc21. The number of hydrogen-bond donors (Lipinski definition) is 0. The van der Waals surface area contributed by atoms with E-state index in [4.69, 9.17) is 15.0 Å². The molecule has 2 aromatic heterocycles. The lowest BCUT2D eigenvalue weighted by Gasteiger charge is -2.15. The van der Waals surface area contributed by atoms with E-state index in [9.17, 15) is 0 Å². The quantitative estimate of drug-likeness (QED) is 0.554. The van der Waals surface area contributed by atoms with Crippen LogP contribution < -0.4 is 0 Å². The number of benzene rings is 2. The molecule has 0 saturated heterocycles. The Morgan fingerprint density at radius 1 is 0.870 bits per heavy atom. The summed E-state index contributed by atoms with van der Waals surface area (Å²) in [6.45, 7) is 4.38. The maximum Gasteiger partial charge on any atom is 0.198 e. The van der Waals surface area contributed by atoms with Crippen molar-refractivity contribution in [3.63, 3.8) is 0 Å². The van der Waals surface area contributed by atoms with Gasteiger partial charge >= 0.3 is 0 Å². The third kappa shape index (κ3) is 2.27. The van der Waals surface area contributed by atoms with Crippen molar-refractivity contribution in [2.45, 2.75) is 26.3 Å². The van der Waals surface area contributed by atoms with Crippen LogP contribution in [0.1, 0.15) is 26.3 Å². The number of nitrogens with zero attached hydrogens (tertiary/aromatic N) is 4. The summed E-state index contributed by atoms with van der Waals surface area (Å²) in [5, 5.41) is 0. The number of imidazole rings is 1. The van der Waals surface area contributed by atoms with Gasteiger partial charge in [0, 0.05) is 11.6 Å². The topological polar surface area (TPSA) is 43.6 Å². The predicted molar refractivity (Wildman–Crippen MR) is 93.3 cm³/mol. The Kier molecular flexibility index (Phi) is 3.30. The molecular formula is C19H18N4. The number of hydrogen-bond acceptors (Lipinski definition) is 3. The van der Waals surface area contributed by atoms with Gasteiger partial charge in [-0.2, -0.15) is 0 Å². The van der Waals surface area contributed by atoms with Crippen LogP contribution in [0.4, 0.5) is 0 Å². The highest BCUT2D eigenvalue weighted by atomic mass is 15.2. The molecule has 4 aromatic rings. The molecule has 0 bridgehead atoms. The van der Waals surface area contributed by atoms with Crippen molar-refractivity contribution in [3.8, 4) is 11.4 Å². The Balaban J connectivity index is 2.07. The lowest BCUT2D eigenvalue weighted by Crippen LogP contribution is -2.07. The van der Waals surface area contributed by atoms with E-state index in [-0.39, 0.29) is 0 Å². The number of aromatic nitrogens is 4. The van der Waals surface area contributed by atoms with Gasteiger partial charge in [0.2, 0.25) is 0 Å². The van der Waals surface area contributed by atoms with Crippen molar-refractivity contribution in [1.29, 1.82) is 0 Å². The largest absolute Gasteiger partial charge is 0.304 e. The zero-order valence-electron chi connectivity index (χ0n) is 13.3. The van der Waals surface area contributed by atoms with Crippen molar-refractivity contribution in [2.75, 3.05) is 0 Å². The fraction of sp³-hybridized carbons (Fsp3) is 0.211. The van der Waals surface area contributed by atoms with Gasteiger partial charge < -0.3 is 4.57 Å². The highest BCUT2D eigenvalue weighted by molar-refractivity contribution is 5.84. The molecule has 4 nitrogen and oxygen atoms in total. The van der Waals surface area contributed by atoms with E-state index in [0.717, 1.165) is 34.5 Å². The van der Waals surface area contributed by atoms with Crippen LogP contribution in [0.2, 0.25) is 0 Å². The number of para-hydroxylation sites is 2. The fourth-order valence-electron chi connectivity index (χ4n) is 2.86. The molecule has 0 N–H and O–H groups in total. The molecule has 0 fully saturated rings. The van der Waals surface area contributed by atoms with Gasteiger partial charge in [0.1, 0.15) is 5.82 Å². The van der Waals surface area contributed by atoms with Gasteiger partial charge in [0.25, 0.3) is 0 Å². The maximum atomic E-state index is 4.83. The molecule has 0 saturated carbocycles. The maximum absolute atomic E-state index is 4.83. The molecule has 4 rings (SSSR count). The Labute approximate surface area is 134 Å². The third-order valence-corrected chi connectivity index (χ3v) is 4.27. The average Bonchev–Trinajstić information content (AvgIpc) is 2.98. The van der Waals surface area contributed by atoms with Crippen LogP contribution in [0.25, 0.3) is 33.7 Å². The summed E-state index contributed by atoms with van der Waals surface area (Å²) in [4.78, 5) is 14.3. The minimum absolute atomic E-state index is 0.311. The summed E-state index contributed by atoms with van der Waals surface area (Å²) in [5.41, 5.74) is 4.45. The second kappa shape index (κ2) is 5.47. The van der Waals surface area contributed by atoms with Gasteiger partial charge in [-0.15, -0.1) is 0 Å². The highest BCUT2D eigenvalue weighted by Crippen LogP contribution is 2.28. The Bertz CT molecular complexity index is 973. The molecule has 0 aliphatic carbocycles. The third-order valence-electron chi connectivity index (χ3n) is 4.27. The van der Waals surface area contributed by atoms with Gasteiger partial charge in [-0.25, -0.2) is 15.0 Å². The van der Waals surface area contributed by atoms with Crippen molar-refractivity contribution >= 4 is 22.3 Å². The molecule has 4 heteroatoms. The monoisotopic (exact) mass is 302 g/mol. The smallest absolute Gasteiger partial charge is 0.198 e. The van der Waals surface area contributed by atoms with Crippen LogP contribution in [0.15, 0.2) is 54.6 Å². The molecule has 1 unspecified atom stereocenters. The van der Waals surface area contributed by atoms with Gasteiger partial charge in [-0.1, -0.05) is 49.4 Å². The number of fused-ring (bicyclic) bond motifs is 2. The molecule has 1 atom stereocenters. The first-order valence-corrected chi connectivity index (χ1v) is 7.98. The van der Waals surface area contributed by atoms with E-state index in [1.807, 2.05) is 42.5 Å². The highest BCUT2D eigenvalue weighted by Gasteiger charge is 2.18. The van der Waals surface area contributed by atoms with Gasteiger partial charge in [0.15, 0.2) is 11.3 Å². The normalized spacial score (nSPS) is 12.8. The standard InChI is InChI=1S/C19H18N4/c1-3-13(2)23-18(14-9-5-4-6-10-14)22-17-19(23)21-16-12-8-7-11-15(16)20-17/h4-13H,3H2,1-2H3. The molecule has 2 heterocycles. The molecule has 114 valence electrons. The summed E-state index contributed by atoms with van der Waals surface area (Å²) >= 11 is 0. The van der Waals surface area contributed by atoms with E-state index in [2.05, 4.69) is 30.5 Å². The second-order valence-electron chi connectivity index (χ2n) is 5.79. The summed E-state index contributed by atoms with van der Waals surface area (Å²) < 4.78 is 2.21. The zero-order chi connectivity index (χ0) is 15.8. The van der Waals surface area contributed by atoms with Crippen molar-refractivity contribution in [2.24, 2.45) is 0 Å². The van der Waals surface area contributed by atoms with E-state index in [1.165, 1.54) is 0 Å². The summed E-state index contributed by atoms with van der Waals surface area (Å²) in [7, 11) is 0. The lowest BCUT2D eigenvalue weighted by atomic mass is 10.2. The van der Waals surface area contributed by atoms with Gasteiger partial charge in [-0.3, -0.25) is 0 Å². The van der Waals surface area contributed by atoms with Crippen LogP contribution in [-0.2, 0) is 0 Å². The van der Waals surface area contributed by atoms with Crippen molar-refractivity contribution in [3.05, 3.63) is 54.6 Å². The van der Waals surface area contributed by atoms with Crippen LogP contribution in [0, 0.1) is 0 Å². The van der Waals surface area contributed by atoms with E-state index in [0.29, 0.717) is 11.7 Å². The van der Waals surface area contributed by atoms with Crippen LogP contribution in [-0.4, -0.2) is 19.5 Å². The van der Waals surface area contributed by atoms with Crippen molar-refractivity contribution < 1.29 is 0 Å². The second-order valence-corrected chi connectivity index (χ2v) is 5.79. The minimum atomic E-state index is 0.311. The molecule has 0 radical (unpaired) electrons. The van der Waals surface area contributed by atoms with Gasteiger partial charge in [-0.05, 0) is 25.5 Å². The molecule has 0 aliphatic rings. The summed E-state index contributed by atoms with van der Waals surface area (Å²) in [6, 6.07) is 18.5. The first-order valence-electron chi connectivity index (χ1n) is 7.98. The summed E-state index contributed by atoms with van der Waals surface area (Å²) in [5.74, 6) is 0.935. The Hall–Kier alpha value is -2.75. The first-order chi connectivity index (χ1) is 11.3. The number of rotatable bonds is 3. The Morgan fingerprint density at radius 2 is 1.52 bits per heavy atom. The lowest BCUT2D eigenvalue weighted by molar-refractivity contribution is 0.547. The van der Waals surface area contributed by atoms with Crippen LogP contribution in [0.5, 0.6) is 0 Å². The average molecular weight is 302 g/mol. The molecule has 0 aliphatic heterocycles. The van der Waals surface area contributed by atoms with Crippen molar-refractivity contribution in [1.82, 2.24) is 19.5 Å². The summed E-state index contributed by atoms with van der Waals surface area (Å²) in [6.07, 6.45) is 1.01. The minimum Gasteiger partial charge on any atom is -0.304 e. The van der Waals surface area contributed by atoms with E-state index in [1.54, 1.807) is 0 Å². The molecule has 0 amide bonds. The first kappa shape index (κ1) is 13.9. The molecule has 2 aromatic carbocycles. The van der Waals surface area contributed by atoms with Crippen LogP contribution >= 0.6 is 0 Å². The molecular weight excluding hydrogens is 284 g/mol. The molecule has 23 heavy (non-hydrogen) atoms. The Morgan fingerprint density at radius 3 is 2.22 bits per heavy atom.